The van der Waals surface area contributed by atoms with Gasteiger partial charge in [0.25, 0.3) is 5.56 Å². The van der Waals surface area contributed by atoms with E-state index < -0.39 is 0 Å². The maximum absolute atomic E-state index is 12.4. The van der Waals surface area contributed by atoms with Gasteiger partial charge in [-0.2, -0.15) is 0 Å². The van der Waals surface area contributed by atoms with E-state index >= 15 is 0 Å². The van der Waals surface area contributed by atoms with Gasteiger partial charge in [-0.25, -0.2) is 4.98 Å². The summed E-state index contributed by atoms with van der Waals surface area (Å²) in [6.07, 6.45) is 0. The highest BCUT2D eigenvalue weighted by Crippen LogP contribution is 2.24. The van der Waals surface area contributed by atoms with Gasteiger partial charge >= 0.3 is 0 Å². The lowest BCUT2D eigenvalue weighted by molar-refractivity contribution is 0.765. The van der Waals surface area contributed by atoms with E-state index in [0.717, 1.165) is 22.2 Å². The maximum atomic E-state index is 12.4. The normalized spacial score (nSPS) is 11.3. The van der Waals surface area contributed by atoms with E-state index in [2.05, 4.69) is 36.2 Å². The third-order valence-electron chi connectivity index (χ3n) is 4.00. The predicted octanol–water partition coefficient (Wildman–Crippen LogP) is 4.03. The Hall–Kier alpha value is -2.42. The van der Waals surface area contributed by atoms with Crippen LogP contribution in [0.2, 0.25) is 0 Å². The van der Waals surface area contributed by atoms with Crippen LogP contribution in [0.3, 0.4) is 0 Å². The van der Waals surface area contributed by atoms with Crippen molar-refractivity contribution in [3.05, 3.63) is 64.1 Å². The van der Waals surface area contributed by atoms with Crippen LogP contribution < -0.4 is 5.56 Å². The van der Waals surface area contributed by atoms with Gasteiger partial charge in [0, 0.05) is 13.0 Å². The Balaban J connectivity index is 2.25. The van der Waals surface area contributed by atoms with Gasteiger partial charge in [-0.15, -0.1) is 0 Å². The molecule has 0 radical (unpaired) electrons. The molecule has 3 rings (SSSR count). The summed E-state index contributed by atoms with van der Waals surface area (Å²) in [6.45, 7) is 6.07. The lowest BCUT2D eigenvalue weighted by Gasteiger charge is -2.11. The van der Waals surface area contributed by atoms with Crippen LogP contribution in [-0.2, 0) is 7.05 Å². The lowest BCUT2D eigenvalue weighted by atomic mass is 10.0. The molecule has 0 saturated carbocycles. The quantitative estimate of drug-likeness (QED) is 0.714. The van der Waals surface area contributed by atoms with Crippen molar-refractivity contribution in [3.8, 4) is 11.1 Å². The Bertz CT molecular complexity index is 907. The molecular weight excluding hydrogens is 272 g/mol. The van der Waals surface area contributed by atoms with Crippen LogP contribution in [0, 0.1) is 6.92 Å². The summed E-state index contributed by atoms with van der Waals surface area (Å²) < 4.78 is 1.71. The minimum absolute atomic E-state index is 0.0103. The fourth-order valence-electron chi connectivity index (χ4n) is 2.73. The molecule has 0 aliphatic rings. The standard InChI is InChI=1S/C19H20N2O/c1-12(2)18-19(22)21(4)17-11-15(8-9-16(17)20-18)14-7-5-6-13(3)10-14/h5-12H,1-4H3. The summed E-state index contributed by atoms with van der Waals surface area (Å²) in [5, 5.41) is 0. The number of benzene rings is 2. The number of fused-ring (bicyclic) bond motifs is 1. The topological polar surface area (TPSA) is 34.9 Å². The van der Waals surface area contributed by atoms with Crippen molar-refractivity contribution < 1.29 is 0 Å². The Morgan fingerprint density at radius 2 is 1.77 bits per heavy atom. The molecular formula is C19H20N2O. The molecule has 3 aromatic rings. The number of hydrogen-bond donors (Lipinski definition) is 0. The van der Waals surface area contributed by atoms with Crippen LogP contribution in [-0.4, -0.2) is 9.55 Å². The second kappa shape index (κ2) is 5.41. The molecule has 0 saturated heterocycles. The Morgan fingerprint density at radius 1 is 1.05 bits per heavy atom. The van der Waals surface area contributed by atoms with E-state index in [1.54, 1.807) is 4.57 Å². The molecule has 1 heterocycles. The van der Waals surface area contributed by atoms with Crippen LogP contribution in [0.4, 0.5) is 0 Å². The van der Waals surface area contributed by atoms with Crippen molar-refractivity contribution >= 4 is 11.0 Å². The number of rotatable bonds is 2. The van der Waals surface area contributed by atoms with Gasteiger partial charge in [-0.05, 0) is 30.2 Å². The Kier molecular flexibility index (Phi) is 3.57. The van der Waals surface area contributed by atoms with Crippen molar-refractivity contribution in [2.24, 2.45) is 7.05 Å². The minimum atomic E-state index is -0.0103. The summed E-state index contributed by atoms with van der Waals surface area (Å²) in [7, 11) is 1.82. The van der Waals surface area contributed by atoms with Crippen LogP contribution in [0.25, 0.3) is 22.2 Å². The zero-order valence-electron chi connectivity index (χ0n) is 13.4. The molecule has 0 amide bonds. The zero-order chi connectivity index (χ0) is 15.9. The second-order valence-electron chi connectivity index (χ2n) is 6.09. The van der Waals surface area contributed by atoms with Crippen LogP contribution in [0.5, 0.6) is 0 Å². The molecule has 0 unspecified atom stereocenters. The van der Waals surface area contributed by atoms with E-state index in [1.165, 1.54) is 5.56 Å². The highest BCUT2D eigenvalue weighted by Gasteiger charge is 2.12. The summed E-state index contributed by atoms with van der Waals surface area (Å²) in [4.78, 5) is 17.0. The van der Waals surface area contributed by atoms with Gasteiger partial charge in [-0.1, -0.05) is 49.7 Å². The summed E-state index contributed by atoms with van der Waals surface area (Å²) in [6, 6.07) is 14.5. The molecule has 0 fully saturated rings. The largest absolute Gasteiger partial charge is 0.308 e. The Morgan fingerprint density at radius 3 is 2.45 bits per heavy atom. The van der Waals surface area contributed by atoms with E-state index in [1.807, 2.05) is 39.1 Å². The second-order valence-corrected chi connectivity index (χ2v) is 6.09. The first-order valence-electron chi connectivity index (χ1n) is 7.55. The van der Waals surface area contributed by atoms with Crippen LogP contribution in [0.1, 0.15) is 31.0 Å². The highest BCUT2D eigenvalue weighted by molar-refractivity contribution is 5.82. The number of nitrogens with zero attached hydrogens (tertiary/aromatic N) is 2. The smallest absolute Gasteiger partial charge is 0.272 e. The van der Waals surface area contributed by atoms with Crippen LogP contribution >= 0.6 is 0 Å². The molecule has 0 spiro atoms. The summed E-state index contributed by atoms with van der Waals surface area (Å²) >= 11 is 0. The molecule has 0 bridgehead atoms. The first-order valence-corrected chi connectivity index (χ1v) is 7.55. The molecule has 2 aromatic carbocycles. The van der Waals surface area contributed by atoms with E-state index in [4.69, 9.17) is 0 Å². The van der Waals surface area contributed by atoms with Crippen molar-refractivity contribution in [1.29, 1.82) is 0 Å². The molecule has 0 aliphatic carbocycles. The van der Waals surface area contributed by atoms with Gasteiger partial charge in [0.1, 0.15) is 5.69 Å². The van der Waals surface area contributed by atoms with Gasteiger partial charge in [0.05, 0.1) is 11.0 Å². The summed E-state index contributed by atoms with van der Waals surface area (Å²) in [5.74, 6) is 0.125. The van der Waals surface area contributed by atoms with Crippen molar-refractivity contribution in [2.45, 2.75) is 26.7 Å². The maximum Gasteiger partial charge on any atom is 0.272 e. The van der Waals surface area contributed by atoms with Gasteiger partial charge in [0.15, 0.2) is 0 Å². The number of hydrogen-bond acceptors (Lipinski definition) is 2. The molecule has 3 heteroatoms. The average Bonchev–Trinajstić information content (AvgIpc) is 2.50. The monoisotopic (exact) mass is 292 g/mol. The molecule has 0 atom stereocenters. The molecule has 112 valence electrons. The molecule has 22 heavy (non-hydrogen) atoms. The zero-order valence-corrected chi connectivity index (χ0v) is 13.4. The fraction of sp³-hybridized carbons (Fsp3) is 0.263. The number of aryl methyl sites for hydroxylation is 2. The van der Waals surface area contributed by atoms with Gasteiger partial charge < -0.3 is 4.57 Å². The van der Waals surface area contributed by atoms with Crippen LogP contribution in [0.15, 0.2) is 47.3 Å². The molecule has 0 aliphatic heterocycles. The van der Waals surface area contributed by atoms with Gasteiger partial charge in [-0.3, -0.25) is 4.79 Å². The van der Waals surface area contributed by atoms with Crippen molar-refractivity contribution in [1.82, 2.24) is 9.55 Å². The Labute approximate surface area is 130 Å². The molecule has 3 nitrogen and oxygen atoms in total. The first kappa shape index (κ1) is 14.5. The molecule has 0 N–H and O–H groups in total. The summed E-state index contributed by atoms with van der Waals surface area (Å²) in [5.41, 5.74) is 5.82. The highest BCUT2D eigenvalue weighted by atomic mass is 16.1. The minimum Gasteiger partial charge on any atom is -0.308 e. The number of aromatic nitrogens is 2. The molecule has 1 aromatic heterocycles. The van der Waals surface area contributed by atoms with E-state index in [-0.39, 0.29) is 11.5 Å². The lowest BCUT2D eigenvalue weighted by Crippen LogP contribution is -2.24. The predicted molar refractivity (Wildman–Crippen MR) is 91.2 cm³/mol. The third-order valence-corrected chi connectivity index (χ3v) is 4.00. The third kappa shape index (κ3) is 2.43. The van der Waals surface area contributed by atoms with Crippen molar-refractivity contribution in [2.75, 3.05) is 0 Å². The first-order chi connectivity index (χ1) is 10.5. The SMILES string of the molecule is Cc1cccc(-c2ccc3nc(C(C)C)c(=O)n(C)c3c2)c1. The average molecular weight is 292 g/mol. The van der Waals surface area contributed by atoms with Crippen molar-refractivity contribution in [3.63, 3.8) is 0 Å². The van der Waals surface area contributed by atoms with E-state index in [0.29, 0.717) is 5.69 Å². The fourth-order valence-corrected chi connectivity index (χ4v) is 2.73. The van der Waals surface area contributed by atoms with E-state index in [9.17, 15) is 4.79 Å². The van der Waals surface area contributed by atoms with Gasteiger partial charge in [0.2, 0.25) is 0 Å².